The van der Waals surface area contributed by atoms with Gasteiger partial charge in [-0.3, -0.25) is 4.79 Å². The lowest BCUT2D eigenvalue weighted by molar-refractivity contribution is -0.149. The van der Waals surface area contributed by atoms with Crippen LogP contribution in [0.25, 0.3) is 0 Å². The lowest BCUT2D eigenvalue weighted by Crippen LogP contribution is -2.36. The molecule has 1 saturated carbocycles. The van der Waals surface area contributed by atoms with Gasteiger partial charge in [0.05, 0.1) is 12.0 Å². The Kier molecular flexibility index (Phi) is 5.70. The van der Waals surface area contributed by atoms with Crippen molar-refractivity contribution in [3.63, 3.8) is 0 Å². The molecule has 4 nitrogen and oxygen atoms in total. The van der Waals surface area contributed by atoms with Gasteiger partial charge in [-0.1, -0.05) is 24.6 Å². The number of carboxylic acid groups (broad SMARTS) is 1. The van der Waals surface area contributed by atoms with E-state index in [1.54, 1.807) is 0 Å². The minimum absolute atomic E-state index is 0. The van der Waals surface area contributed by atoms with Gasteiger partial charge in [0.15, 0.2) is 0 Å². The molecule has 1 heterocycles. The number of rotatable bonds is 6. The van der Waals surface area contributed by atoms with Crippen LogP contribution in [0.2, 0.25) is 0 Å². The Labute approximate surface area is 137 Å². The van der Waals surface area contributed by atoms with Gasteiger partial charge in [0.25, 0.3) is 0 Å². The van der Waals surface area contributed by atoms with Crippen molar-refractivity contribution in [1.82, 2.24) is 4.90 Å². The van der Waals surface area contributed by atoms with Crippen LogP contribution in [0.4, 0.5) is 0 Å². The monoisotopic (exact) mass is 325 g/mol. The molecule has 0 spiro atoms. The number of ether oxygens (including phenoxy) is 1. The van der Waals surface area contributed by atoms with E-state index in [0.717, 1.165) is 51.1 Å². The number of nitrogens with zero attached hydrogens (tertiary/aromatic N) is 1. The van der Waals surface area contributed by atoms with Crippen LogP contribution in [0.5, 0.6) is 5.75 Å². The highest BCUT2D eigenvalue weighted by Crippen LogP contribution is 2.48. The SMILES string of the molecule is Cl.O=C(O)[C@@]12CCC[C@H]1CN(CCCOc1ccccc1)C2. The van der Waals surface area contributed by atoms with Crippen LogP contribution < -0.4 is 4.74 Å². The Morgan fingerprint density at radius 3 is 2.82 bits per heavy atom. The van der Waals surface area contributed by atoms with Gasteiger partial charge in [-0.25, -0.2) is 0 Å². The van der Waals surface area contributed by atoms with E-state index in [9.17, 15) is 9.90 Å². The number of carboxylic acids is 1. The van der Waals surface area contributed by atoms with Crippen molar-refractivity contribution in [2.45, 2.75) is 25.7 Å². The molecule has 2 fully saturated rings. The maximum Gasteiger partial charge on any atom is 0.311 e. The third-order valence-electron chi connectivity index (χ3n) is 5.00. The lowest BCUT2D eigenvalue weighted by atomic mass is 9.81. The van der Waals surface area contributed by atoms with Gasteiger partial charge in [0.1, 0.15) is 5.75 Å². The fraction of sp³-hybridized carbons (Fsp3) is 0.588. The Hall–Kier alpha value is -1.26. The standard InChI is InChI=1S/C17H23NO3.ClH/c19-16(20)17-9-4-6-14(17)12-18(13-17)10-5-11-21-15-7-2-1-3-8-15;/h1-3,7-8,14H,4-6,9-13H2,(H,19,20);1H/t14-,17+;/m0./s1. The third-order valence-corrected chi connectivity index (χ3v) is 5.00. The summed E-state index contributed by atoms with van der Waals surface area (Å²) in [5.41, 5.74) is -0.458. The first-order chi connectivity index (χ1) is 10.2. The molecule has 0 unspecified atom stereocenters. The zero-order valence-electron chi connectivity index (χ0n) is 12.7. The van der Waals surface area contributed by atoms with Gasteiger partial charge < -0.3 is 14.7 Å². The van der Waals surface area contributed by atoms with Crippen molar-refractivity contribution in [2.75, 3.05) is 26.2 Å². The first kappa shape index (κ1) is 17.1. The molecule has 1 aromatic rings. The van der Waals surface area contributed by atoms with E-state index in [1.165, 1.54) is 0 Å². The zero-order chi connectivity index (χ0) is 14.7. The second kappa shape index (κ2) is 7.34. The van der Waals surface area contributed by atoms with Crippen molar-refractivity contribution in [1.29, 1.82) is 0 Å². The average molecular weight is 326 g/mol. The topological polar surface area (TPSA) is 49.8 Å². The number of likely N-dealkylation sites (tertiary alicyclic amines) is 1. The molecule has 0 bridgehead atoms. The normalized spacial score (nSPS) is 27.2. The highest BCUT2D eigenvalue weighted by atomic mass is 35.5. The molecular formula is C17H24ClNO3. The molecule has 0 radical (unpaired) electrons. The maximum atomic E-state index is 11.6. The second-order valence-corrected chi connectivity index (χ2v) is 6.30. The first-order valence-corrected chi connectivity index (χ1v) is 7.84. The molecule has 1 aromatic carbocycles. The number of benzene rings is 1. The molecule has 0 aromatic heterocycles. The van der Waals surface area contributed by atoms with E-state index in [2.05, 4.69) is 4.90 Å². The average Bonchev–Trinajstić information content (AvgIpc) is 3.02. The first-order valence-electron chi connectivity index (χ1n) is 7.84. The summed E-state index contributed by atoms with van der Waals surface area (Å²) in [5.74, 6) is 0.663. The Balaban J connectivity index is 0.00000176. The summed E-state index contributed by atoms with van der Waals surface area (Å²) < 4.78 is 5.69. The largest absolute Gasteiger partial charge is 0.494 e. The van der Waals surface area contributed by atoms with Crippen LogP contribution >= 0.6 is 12.4 Å². The molecular weight excluding hydrogens is 302 g/mol. The molecule has 1 N–H and O–H groups in total. The molecule has 2 aliphatic rings. The molecule has 3 rings (SSSR count). The Morgan fingerprint density at radius 1 is 1.36 bits per heavy atom. The van der Waals surface area contributed by atoms with Crippen LogP contribution in [-0.4, -0.2) is 42.2 Å². The van der Waals surface area contributed by atoms with E-state index in [0.29, 0.717) is 12.5 Å². The van der Waals surface area contributed by atoms with E-state index >= 15 is 0 Å². The summed E-state index contributed by atoms with van der Waals surface area (Å²) in [6.45, 7) is 3.28. The molecule has 0 amide bonds. The van der Waals surface area contributed by atoms with Crippen LogP contribution in [0.15, 0.2) is 30.3 Å². The summed E-state index contributed by atoms with van der Waals surface area (Å²) in [7, 11) is 0. The Bertz CT molecular complexity index is 496. The summed E-state index contributed by atoms with van der Waals surface area (Å²) in [6.07, 6.45) is 3.94. The van der Waals surface area contributed by atoms with Gasteiger partial charge in [-0.05, 0) is 37.3 Å². The number of halogens is 1. The highest BCUT2D eigenvalue weighted by molar-refractivity contribution is 5.85. The van der Waals surface area contributed by atoms with E-state index in [4.69, 9.17) is 4.74 Å². The quantitative estimate of drug-likeness (QED) is 0.817. The number of para-hydroxylation sites is 1. The number of aliphatic carboxylic acids is 1. The third kappa shape index (κ3) is 3.39. The molecule has 2 atom stereocenters. The van der Waals surface area contributed by atoms with Crippen molar-refractivity contribution >= 4 is 18.4 Å². The number of hydrogen-bond acceptors (Lipinski definition) is 3. The van der Waals surface area contributed by atoms with Gasteiger partial charge >= 0.3 is 5.97 Å². The highest BCUT2D eigenvalue weighted by Gasteiger charge is 2.54. The number of fused-ring (bicyclic) bond motifs is 1. The van der Waals surface area contributed by atoms with E-state index in [-0.39, 0.29) is 12.4 Å². The van der Waals surface area contributed by atoms with Crippen molar-refractivity contribution in [2.24, 2.45) is 11.3 Å². The van der Waals surface area contributed by atoms with Crippen LogP contribution in [0, 0.1) is 11.3 Å². The van der Waals surface area contributed by atoms with Gasteiger partial charge in [0, 0.05) is 19.6 Å². The molecule has 1 aliphatic carbocycles. The molecule has 122 valence electrons. The van der Waals surface area contributed by atoms with Gasteiger partial charge in [-0.2, -0.15) is 0 Å². The molecule has 1 saturated heterocycles. The minimum atomic E-state index is -0.590. The molecule has 22 heavy (non-hydrogen) atoms. The molecule has 1 aliphatic heterocycles. The smallest absolute Gasteiger partial charge is 0.311 e. The second-order valence-electron chi connectivity index (χ2n) is 6.30. The minimum Gasteiger partial charge on any atom is -0.494 e. The number of carbonyl (C=O) groups is 1. The van der Waals surface area contributed by atoms with Crippen molar-refractivity contribution in [3.8, 4) is 5.75 Å². The van der Waals surface area contributed by atoms with Gasteiger partial charge in [-0.15, -0.1) is 12.4 Å². The fourth-order valence-corrected chi connectivity index (χ4v) is 3.91. The lowest BCUT2D eigenvalue weighted by Gasteiger charge is -2.23. The van der Waals surface area contributed by atoms with Crippen LogP contribution in [-0.2, 0) is 4.79 Å². The van der Waals surface area contributed by atoms with E-state index < -0.39 is 11.4 Å². The van der Waals surface area contributed by atoms with Crippen LogP contribution in [0.1, 0.15) is 25.7 Å². The summed E-state index contributed by atoms with van der Waals surface area (Å²) in [6, 6.07) is 9.82. The number of hydrogen-bond donors (Lipinski definition) is 1. The predicted molar refractivity (Wildman–Crippen MR) is 87.7 cm³/mol. The van der Waals surface area contributed by atoms with Crippen molar-refractivity contribution in [3.05, 3.63) is 30.3 Å². The van der Waals surface area contributed by atoms with E-state index in [1.807, 2.05) is 30.3 Å². The maximum absolute atomic E-state index is 11.6. The summed E-state index contributed by atoms with van der Waals surface area (Å²) in [5, 5.41) is 9.56. The zero-order valence-corrected chi connectivity index (χ0v) is 13.6. The Morgan fingerprint density at radius 2 is 2.14 bits per heavy atom. The van der Waals surface area contributed by atoms with Crippen LogP contribution in [0.3, 0.4) is 0 Å². The van der Waals surface area contributed by atoms with Gasteiger partial charge in [0.2, 0.25) is 0 Å². The predicted octanol–water partition coefficient (Wildman–Crippen LogP) is 3.06. The molecule has 5 heteroatoms. The summed E-state index contributed by atoms with van der Waals surface area (Å²) >= 11 is 0. The van der Waals surface area contributed by atoms with Crippen molar-refractivity contribution < 1.29 is 14.6 Å². The fourth-order valence-electron chi connectivity index (χ4n) is 3.91. The summed E-state index contributed by atoms with van der Waals surface area (Å²) in [4.78, 5) is 13.9.